The van der Waals surface area contributed by atoms with Crippen molar-refractivity contribution in [3.05, 3.63) is 17.0 Å². The Morgan fingerprint density at radius 2 is 1.90 bits per heavy atom. The van der Waals surface area contributed by atoms with Crippen molar-refractivity contribution in [2.24, 2.45) is 11.3 Å². The van der Waals surface area contributed by atoms with E-state index in [-0.39, 0.29) is 17.4 Å². The summed E-state index contributed by atoms with van der Waals surface area (Å²) in [5.74, 6) is 1.09. The van der Waals surface area contributed by atoms with Gasteiger partial charge in [-0.25, -0.2) is 0 Å². The van der Waals surface area contributed by atoms with E-state index in [0.29, 0.717) is 22.9 Å². The van der Waals surface area contributed by atoms with Crippen molar-refractivity contribution < 1.29 is 9.32 Å². The molecule has 1 aliphatic carbocycles. The first kappa shape index (κ1) is 15.1. The molecule has 4 nitrogen and oxygen atoms in total. The highest BCUT2D eigenvalue weighted by atomic mass is 16.5. The summed E-state index contributed by atoms with van der Waals surface area (Å²) in [4.78, 5) is 12.5. The van der Waals surface area contributed by atoms with E-state index in [4.69, 9.17) is 4.52 Å². The van der Waals surface area contributed by atoms with Gasteiger partial charge in [0.2, 0.25) is 0 Å². The monoisotopic (exact) mass is 278 g/mol. The van der Waals surface area contributed by atoms with Crippen LogP contribution in [0, 0.1) is 25.2 Å². The van der Waals surface area contributed by atoms with E-state index in [1.165, 1.54) is 19.3 Å². The summed E-state index contributed by atoms with van der Waals surface area (Å²) >= 11 is 0. The SMILES string of the molecule is Cc1noc(C)c1C(=O)N[C@@H]1CCCC[C@H]1C(C)(C)C. The molecule has 1 amide bonds. The summed E-state index contributed by atoms with van der Waals surface area (Å²) in [6.45, 7) is 10.4. The zero-order valence-corrected chi connectivity index (χ0v) is 13.2. The lowest BCUT2D eigenvalue weighted by Crippen LogP contribution is -2.46. The number of carbonyl (C=O) groups is 1. The van der Waals surface area contributed by atoms with E-state index >= 15 is 0 Å². The average Bonchev–Trinajstić information content (AvgIpc) is 2.68. The Hall–Kier alpha value is -1.32. The van der Waals surface area contributed by atoms with Crippen LogP contribution < -0.4 is 5.32 Å². The molecule has 1 aromatic rings. The standard InChI is InChI=1S/C16H26N2O2/c1-10-14(11(2)20-18-10)15(19)17-13-9-7-6-8-12(13)16(3,4)5/h12-13H,6-9H2,1-5H3,(H,17,19)/t12-,13-/m1/s1. The molecule has 0 unspecified atom stereocenters. The van der Waals surface area contributed by atoms with E-state index in [9.17, 15) is 4.79 Å². The Morgan fingerprint density at radius 3 is 2.45 bits per heavy atom. The molecule has 2 atom stereocenters. The van der Waals surface area contributed by atoms with Crippen molar-refractivity contribution in [3.63, 3.8) is 0 Å². The summed E-state index contributed by atoms with van der Waals surface area (Å²) in [5.41, 5.74) is 1.49. The van der Waals surface area contributed by atoms with Gasteiger partial charge in [0.15, 0.2) is 0 Å². The van der Waals surface area contributed by atoms with Crippen molar-refractivity contribution in [2.45, 2.75) is 66.3 Å². The van der Waals surface area contributed by atoms with Crippen LogP contribution in [-0.2, 0) is 0 Å². The van der Waals surface area contributed by atoms with Crippen LogP contribution in [0.15, 0.2) is 4.52 Å². The molecule has 1 aromatic heterocycles. The number of aryl methyl sites for hydroxylation is 2. The molecule has 0 bridgehead atoms. The van der Waals surface area contributed by atoms with Crippen molar-refractivity contribution in [1.29, 1.82) is 0 Å². The molecular weight excluding hydrogens is 252 g/mol. The minimum absolute atomic E-state index is 0.0394. The summed E-state index contributed by atoms with van der Waals surface area (Å²) in [7, 11) is 0. The minimum Gasteiger partial charge on any atom is -0.361 e. The van der Waals surface area contributed by atoms with Gasteiger partial charge in [-0.1, -0.05) is 38.8 Å². The first-order chi connectivity index (χ1) is 9.30. The molecule has 1 saturated carbocycles. The Morgan fingerprint density at radius 1 is 1.25 bits per heavy atom. The lowest BCUT2D eigenvalue weighted by molar-refractivity contribution is 0.0828. The van der Waals surface area contributed by atoms with Crippen LogP contribution in [0.5, 0.6) is 0 Å². The fourth-order valence-electron chi connectivity index (χ4n) is 3.39. The van der Waals surface area contributed by atoms with Gasteiger partial charge < -0.3 is 9.84 Å². The Bertz CT molecular complexity index is 466. The van der Waals surface area contributed by atoms with Crippen molar-refractivity contribution in [3.8, 4) is 0 Å². The molecule has 0 radical (unpaired) electrons. The summed E-state index contributed by atoms with van der Waals surface area (Å²) in [6, 6.07) is 0.255. The third kappa shape index (κ3) is 3.05. The molecule has 4 heteroatoms. The Balaban J connectivity index is 2.13. The first-order valence-electron chi connectivity index (χ1n) is 7.54. The molecule has 112 valence electrons. The highest BCUT2D eigenvalue weighted by Gasteiger charge is 2.35. The molecule has 2 rings (SSSR count). The maximum absolute atomic E-state index is 12.5. The van der Waals surface area contributed by atoms with Crippen LogP contribution in [-0.4, -0.2) is 17.1 Å². The number of amides is 1. The molecule has 0 aliphatic heterocycles. The van der Waals surface area contributed by atoms with Crippen LogP contribution in [0.2, 0.25) is 0 Å². The highest BCUT2D eigenvalue weighted by molar-refractivity contribution is 5.96. The molecule has 0 saturated heterocycles. The van der Waals surface area contributed by atoms with Gasteiger partial charge in [-0.05, 0) is 38.0 Å². The number of nitrogens with zero attached hydrogens (tertiary/aromatic N) is 1. The van der Waals surface area contributed by atoms with Crippen LogP contribution in [0.4, 0.5) is 0 Å². The molecule has 0 aromatic carbocycles. The molecular formula is C16H26N2O2. The Labute approximate surface area is 121 Å². The number of aromatic nitrogens is 1. The zero-order valence-electron chi connectivity index (χ0n) is 13.2. The number of nitrogens with one attached hydrogen (secondary N) is 1. The first-order valence-corrected chi connectivity index (χ1v) is 7.54. The summed E-state index contributed by atoms with van der Waals surface area (Å²) in [6.07, 6.45) is 4.71. The van der Waals surface area contributed by atoms with Gasteiger partial charge in [0.25, 0.3) is 5.91 Å². The van der Waals surface area contributed by atoms with E-state index in [1.807, 2.05) is 6.92 Å². The van der Waals surface area contributed by atoms with Crippen LogP contribution in [0.3, 0.4) is 0 Å². The second-order valence-electron chi connectivity index (χ2n) is 7.04. The lowest BCUT2D eigenvalue weighted by Gasteiger charge is -2.40. The van der Waals surface area contributed by atoms with Crippen molar-refractivity contribution in [2.75, 3.05) is 0 Å². The van der Waals surface area contributed by atoms with Gasteiger partial charge >= 0.3 is 0 Å². The minimum atomic E-state index is -0.0394. The Kier molecular flexibility index (Phi) is 4.21. The fourth-order valence-corrected chi connectivity index (χ4v) is 3.39. The quantitative estimate of drug-likeness (QED) is 0.898. The molecule has 1 heterocycles. The topological polar surface area (TPSA) is 55.1 Å². The van der Waals surface area contributed by atoms with E-state index < -0.39 is 0 Å². The molecule has 1 fully saturated rings. The number of carbonyl (C=O) groups excluding carboxylic acids is 1. The van der Waals surface area contributed by atoms with E-state index in [1.54, 1.807) is 6.92 Å². The third-order valence-corrected chi connectivity index (χ3v) is 4.46. The van der Waals surface area contributed by atoms with Gasteiger partial charge in [-0.2, -0.15) is 0 Å². The van der Waals surface area contributed by atoms with Crippen LogP contribution >= 0.6 is 0 Å². The van der Waals surface area contributed by atoms with Gasteiger partial charge in [-0.15, -0.1) is 0 Å². The third-order valence-electron chi connectivity index (χ3n) is 4.46. The predicted octanol–water partition coefficient (Wildman–Crippen LogP) is 3.63. The second kappa shape index (κ2) is 5.58. The zero-order chi connectivity index (χ0) is 14.9. The predicted molar refractivity (Wildman–Crippen MR) is 78.6 cm³/mol. The van der Waals surface area contributed by atoms with Gasteiger partial charge in [-0.3, -0.25) is 4.79 Å². The molecule has 1 N–H and O–H groups in total. The fraction of sp³-hybridized carbons (Fsp3) is 0.750. The number of hydrogen-bond donors (Lipinski definition) is 1. The van der Waals surface area contributed by atoms with Crippen molar-refractivity contribution >= 4 is 5.91 Å². The van der Waals surface area contributed by atoms with Gasteiger partial charge in [0, 0.05) is 6.04 Å². The second-order valence-corrected chi connectivity index (χ2v) is 7.04. The highest BCUT2D eigenvalue weighted by Crippen LogP contribution is 2.38. The van der Waals surface area contributed by atoms with Gasteiger partial charge in [0.1, 0.15) is 11.3 Å². The molecule has 1 aliphatic rings. The van der Waals surface area contributed by atoms with Crippen LogP contribution in [0.1, 0.15) is 68.3 Å². The molecule has 0 spiro atoms. The summed E-state index contributed by atoms with van der Waals surface area (Å²) in [5, 5.41) is 7.08. The van der Waals surface area contributed by atoms with Gasteiger partial charge in [0.05, 0.1) is 5.69 Å². The smallest absolute Gasteiger partial charge is 0.257 e. The normalized spacial score (nSPS) is 23.6. The maximum atomic E-state index is 12.5. The molecule has 20 heavy (non-hydrogen) atoms. The van der Waals surface area contributed by atoms with Crippen molar-refractivity contribution in [1.82, 2.24) is 10.5 Å². The number of rotatable bonds is 2. The lowest BCUT2D eigenvalue weighted by atomic mass is 9.69. The maximum Gasteiger partial charge on any atom is 0.257 e. The number of hydrogen-bond acceptors (Lipinski definition) is 3. The van der Waals surface area contributed by atoms with Crippen LogP contribution in [0.25, 0.3) is 0 Å². The largest absolute Gasteiger partial charge is 0.361 e. The van der Waals surface area contributed by atoms with E-state index in [2.05, 4.69) is 31.2 Å². The summed E-state index contributed by atoms with van der Waals surface area (Å²) < 4.78 is 5.09. The average molecular weight is 278 g/mol. The van der Waals surface area contributed by atoms with E-state index in [0.717, 1.165) is 6.42 Å².